The molecule has 132 valence electrons. The number of piperidine rings is 1. The maximum Gasteiger partial charge on any atom is 0.280 e. The standard InChI is InChI=1S/C17H19F2N5O/c18-16(19)13-5-7-21-15(23-13)11-22-12-4-6-20-14(10-12)17(25)24-8-2-1-3-9-24/h4-7,10,16H,1-3,8-9,11H2,(H,20,22). The van der Waals surface area contributed by atoms with E-state index in [1.165, 1.54) is 12.3 Å². The Hall–Kier alpha value is -2.64. The maximum absolute atomic E-state index is 12.7. The van der Waals surface area contributed by atoms with E-state index in [-0.39, 0.29) is 24.0 Å². The molecule has 0 unspecified atom stereocenters. The van der Waals surface area contributed by atoms with Gasteiger partial charge in [0.1, 0.15) is 17.2 Å². The van der Waals surface area contributed by atoms with Crippen LogP contribution < -0.4 is 5.32 Å². The highest BCUT2D eigenvalue weighted by Crippen LogP contribution is 2.17. The van der Waals surface area contributed by atoms with E-state index in [0.29, 0.717) is 11.4 Å². The minimum atomic E-state index is -2.63. The van der Waals surface area contributed by atoms with Crippen molar-refractivity contribution in [2.45, 2.75) is 32.2 Å². The third kappa shape index (κ3) is 4.46. The molecule has 0 saturated carbocycles. The number of nitrogens with one attached hydrogen (secondary N) is 1. The number of hydrogen-bond donors (Lipinski definition) is 1. The van der Waals surface area contributed by atoms with Gasteiger partial charge in [-0.25, -0.2) is 18.7 Å². The lowest BCUT2D eigenvalue weighted by molar-refractivity contribution is 0.0718. The second kappa shape index (κ2) is 7.96. The quantitative estimate of drug-likeness (QED) is 0.900. The Balaban J connectivity index is 1.65. The first kappa shape index (κ1) is 17.2. The van der Waals surface area contributed by atoms with Gasteiger partial charge in [0, 0.05) is 31.2 Å². The highest BCUT2D eigenvalue weighted by molar-refractivity contribution is 5.93. The molecule has 25 heavy (non-hydrogen) atoms. The lowest BCUT2D eigenvalue weighted by atomic mass is 10.1. The van der Waals surface area contributed by atoms with Gasteiger partial charge in [-0.2, -0.15) is 0 Å². The molecule has 2 aromatic heterocycles. The number of alkyl halides is 2. The summed E-state index contributed by atoms with van der Waals surface area (Å²) in [6.07, 6.45) is 3.41. The normalized spacial score (nSPS) is 14.6. The van der Waals surface area contributed by atoms with Crippen molar-refractivity contribution in [1.29, 1.82) is 0 Å². The van der Waals surface area contributed by atoms with Crippen molar-refractivity contribution >= 4 is 11.6 Å². The van der Waals surface area contributed by atoms with Crippen molar-refractivity contribution < 1.29 is 13.6 Å². The van der Waals surface area contributed by atoms with Gasteiger partial charge in [0.2, 0.25) is 0 Å². The number of amides is 1. The van der Waals surface area contributed by atoms with E-state index < -0.39 is 6.43 Å². The Morgan fingerprint density at radius 3 is 2.68 bits per heavy atom. The van der Waals surface area contributed by atoms with E-state index in [1.807, 2.05) is 4.90 Å². The fraction of sp³-hybridized carbons (Fsp3) is 0.412. The zero-order chi connectivity index (χ0) is 17.6. The summed E-state index contributed by atoms with van der Waals surface area (Å²) in [5, 5.41) is 3.04. The van der Waals surface area contributed by atoms with Crippen molar-refractivity contribution in [1.82, 2.24) is 19.9 Å². The molecule has 1 fully saturated rings. The number of hydrogen-bond acceptors (Lipinski definition) is 5. The summed E-state index contributed by atoms with van der Waals surface area (Å²) in [4.78, 5) is 26.2. The molecule has 0 atom stereocenters. The first-order valence-corrected chi connectivity index (χ1v) is 8.22. The molecular formula is C17H19F2N5O. The largest absolute Gasteiger partial charge is 0.378 e. The molecule has 1 saturated heterocycles. The third-order valence-corrected chi connectivity index (χ3v) is 4.02. The summed E-state index contributed by atoms with van der Waals surface area (Å²) in [6, 6.07) is 4.56. The highest BCUT2D eigenvalue weighted by Gasteiger charge is 2.19. The van der Waals surface area contributed by atoms with Gasteiger partial charge in [-0.15, -0.1) is 0 Å². The lowest BCUT2D eigenvalue weighted by Gasteiger charge is -2.26. The van der Waals surface area contributed by atoms with Gasteiger partial charge in [0.05, 0.1) is 6.54 Å². The molecule has 0 aromatic carbocycles. The number of aromatic nitrogens is 3. The Kier molecular flexibility index (Phi) is 5.47. The minimum absolute atomic E-state index is 0.0840. The van der Waals surface area contributed by atoms with Gasteiger partial charge in [0.15, 0.2) is 0 Å². The van der Waals surface area contributed by atoms with Crippen molar-refractivity contribution in [2.75, 3.05) is 18.4 Å². The highest BCUT2D eigenvalue weighted by atomic mass is 19.3. The van der Waals surface area contributed by atoms with E-state index in [9.17, 15) is 13.6 Å². The zero-order valence-corrected chi connectivity index (χ0v) is 13.7. The van der Waals surface area contributed by atoms with Crippen LogP contribution in [0.1, 0.15) is 47.7 Å². The molecule has 1 N–H and O–H groups in total. The number of carbonyl (C=O) groups is 1. The number of carbonyl (C=O) groups excluding carboxylic acids is 1. The summed E-state index contributed by atoms with van der Waals surface area (Å²) < 4.78 is 25.3. The van der Waals surface area contributed by atoms with Crippen LogP contribution in [0.25, 0.3) is 0 Å². The molecule has 0 aliphatic carbocycles. The molecule has 2 aromatic rings. The van der Waals surface area contributed by atoms with Crippen molar-refractivity contribution in [2.24, 2.45) is 0 Å². The molecule has 0 radical (unpaired) electrons. The van der Waals surface area contributed by atoms with E-state index in [2.05, 4.69) is 20.3 Å². The molecule has 0 bridgehead atoms. The third-order valence-electron chi connectivity index (χ3n) is 4.02. The average Bonchev–Trinajstić information content (AvgIpc) is 2.67. The van der Waals surface area contributed by atoms with Gasteiger partial charge >= 0.3 is 0 Å². The van der Waals surface area contributed by atoms with E-state index >= 15 is 0 Å². The van der Waals surface area contributed by atoms with Crippen LogP contribution in [-0.2, 0) is 6.54 Å². The summed E-state index contributed by atoms with van der Waals surface area (Å²) in [5.41, 5.74) is 0.734. The van der Waals surface area contributed by atoms with Crippen molar-refractivity contribution in [3.63, 3.8) is 0 Å². The first-order valence-electron chi connectivity index (χ1n) is 8.22. The Morgan fingerprint density at radius 1 is 1.16 bits per heavy atom. The topological polar surface area (TPSA) is 71.0 Å². The monoisotopic (exact) mass is 347 g/mol. The summed E-state index contributed by atoms with van der Waals surface area (Å²) in [7, 11) is 0. The van der Waals surface area contributed by atoms with E-state index in [4.69, 9.17) is 0 Å². The second-order valence-electron chi connectivity index (χ2n) is 5.83. The second-order valence-corrected chi connectivity index (χ2v) is 5.83. The maximum atomic E-state index is 12.7. The number of rotatable bonds is 5. The predicted octanol–water partition coefficient (Wildman–Crippen LogP) is 3.05. The molecule has 3 rings (SSSR count). The van der Waals surface area contributed by atoms with Crippen LogP contribution in [0, 0.1) is 0 Å². The van der Waals surface area contributed by atoms with Crippen LogP contribution in [0.3, 0.4) is 0 Å². The van der Waals surface area contributed by atoms with Crippen LogP contribution in [0.5, 0.6) is 0 Å². The zero-order valence-electron chi connectivity index (χ0n) is 13.7. The van der Waals surface area contributed by atoms with Crippen LogP contribution in [-0.4, -0.2) is 38.8 Å². The van der Waals surface area contributed by atoms with Crippen LogP contribution in [0.2, 0.25) is 0 Å². The number of anilines is 1. The Morgan fingerprint density at radius 2 is 1.92 bits per heavy atom. The van der Waals surface area contributed by atoms with Crippen LogP contribution in [0.4, 0.5) is 14.5 Å². The van der Waals surface area contributed by atoms with E-state index in [0.717, 1.165) is 32.4 Å². The molecule has 0 spiro atoms. The molecule has 3 heterocycles. The molecule has 6 nitrogen and oxygen atoms in total. The number of nitrogens with zero attached hydrogens (tertiary/aromatic N) is 4. The smallest absolute Gasteiger partial charge is 0.280 e. The average molecular weight is 347 g/mol. The van der Waals surface area contributed by atoms with Crippen LogP contribution >= 0.6 is 0 Å². The van der Waals surface area contributed by atoms with Gasteiger partial charge in [0.25, 0.3) is 12.3 Å². The number of pyridine rings is 1. The molecule has 1 aliphatic heterocycles. The summed E-state index contributed by atoms with van der Waals surface area (Å²) in [5.74, 6) is 0.179. The van der Waals surface area contributed by atoms with Gasteiger partial charge in [-0.3, -0.25) is 9.78 Å². The van der Waals surface area contributed by atoms with Crippen molar-refractivity contribution in [3.05, 3.63) is 47.8 Å². The van der Waals surface area contributed by atoms with Gasteiger partial charge in [-0.05, 0) is 37.5 Å². The first-order chi connectivity index (χ1) is 12.1. The fourth-order valence-corrected chi connectivity index (χ4v) is 2.72. The number of likely N-dealkylation sites (tertiary alicyclic amines) is 1. The molecule has 1 aliphatic rings. The Labute approximate surface area is 144 Å². The molecule has 8 heteroatoms. The van der Waals surface area contributed by atoms with E-state index in [1.54, 1.807) is 18.3 Å². The number of halogens is 2. The molecular weight excluding hydrogens is 328 g/mol. The predicted molar refractivity (Wildman–Crippen MR) is 88.3 cm³/mol. The summed E-state index contributed by atoms with van der Waals surface area (Å²) in [6.45, 7) is 1.70. The summed E-state index contributed by atoms with van der Waals surface area (Å²) >= 11 is 0. The SMILES string of the molecule is O=C(c1cc(NCc2nccc(C(F)F)n2)ccn1)N1CCCCC1. The van der Waals surface area contributed by atoms with Gasteiger partial charge < -0.3 is 10.2 Å². The molecule has 1 amide bonds. The minimum Gasteiger partial charge on any atom is -0.378 e. The van der Waals surface area contributed by atoms with Crippen LogP contribution in [0.15, 0.2) is 30.6 Å². The van der Waals surface area contributed by atoms with Gasteiger partial charge in [-0.1, -0.05) is 0 Å². The van der Waals surface area contributed by atoms with Crippen molar-refractivity contribution in [3.8, 4) is 0 Å². The lowest BCUT2D eigenvalue weighted by Crippen LogP contribution is -2.36. The Bertz CT molecular complexity index is 734. The fourth-order valence-electron chi connectivity index (χ4n) is 2.72.